The number of benzene rings is 1. The first-order valence-corrected chi connectivity index (χ1v) is 8.28. The van der Waals surface area contributed by atoms with Gasteiger partial charge >= 0.3 is 6.18 Å². The molecule has 0 saturated carbocycles. The van der Waals surface area contributed by atoms with Gasteiger partial charge in [-0.2, -0.15) is 13.2 Å². The Bertz CT molecular complexity index is 581. The lowest BCUT2D eigenvalue weighted by atomic mass is 10.1. The molecular formula is C13H17F3N2O2S. The van der Waals surface area contributed by atoms with Crippen molar-refractivity contribution in [2.45, 2.75) is 31.6 Å². The maximum Gasteiger partial charge on any atom is 0.416 e. The fourth-order valence-corrected chi connectivity index (χ4v) is 3.59. The standard InChI is InChI=1S/C13H17F3N2O2S/c14-13(15,16)11-4-1-3-10(7-11)8-18-21(19,20)9-12-5-2-6-17-12/h1,3-4,7,12,17-18H,2,5-6,8-9H2. The van der Waals surface area contributed by atoms with Crippen molar-refractivity contribution >= 4 is 10.0 Å². The van der Waals surface area contributed by atoms with Gasteiger partial charge in [0.05, 0.1) is 11.3 Å². The maximum absolute atomic E-state index is 12.6. The van der Waals surface area contributed by atoms with Gasteiger partial charge in [-0.3, -0.25) is 0 Å². The molecule has 4 nitrogen and oxygen atoms in total. The molecule has 1 aromatic rings. The molecule has 0 spiro atoms. The Labute approximate surface area is 121 Å². The van der Waals surface area contributed by atoms with E-state index in [0.29, 0.717) is 0 Å². The first-order chi connectivity index (χ1) is 9.76. The highest BCUT2D eigenvalue weighted by Gasteiger charge is 2.30. The Kier molecular flexibility index (Phi) is 4.90. The van der Waals surface area contributed by atoms with E-state index in [1.54, 1.807) is 0 Å². The van der Waals surface area contributed by atoms with Crippen LogP contribution < -0.4 is 10.0 Å². The second-order valence-electron chi connectivity index (χ2n) is 5.09. The summed E-state index contributed by atoms with van der Waals surface area (Å²) in [5.41, 5.74) is -0.496. The van der Waals surface area contributed by atoms with Gasteiger partial charge in [0.1, 0.15) is 0 Å². The smallest absolute Gasteiger partial charge is 0.313 e. The van der Waals surface area contributed by atoms with Crippen LogP contribution in [0, 0.1) is 0 Å². The number of nitrogens with one attached hydrogen (secondary N) is 2. The Morgan fingerprint density at radius 1 is 1.33 bits per heavy atom. The lowest BCUT2D eigenvalue weighted by Gasteiger charge is -2.13. The minimum absolute atomic E-state index is 0.0496. The van der Waals surface area contributed by atoms with Gasteiger partial charge in [0.15, 0.2) is 0 Å². The molecule has 0 aliphatic carbocycles. The van der Waals surface area contributed by atoms with Gasteiger partial charge in [0.25, 0.3) is 0 Å². The summed E-state index contributed by atoms with van der Waals surface area (Å²) in [4.78, 5) is 0. The Morgan fingerprint density at radius 3 is 2.71 bits per heavy atom. The van der Waals surface area contributed by atoms with Crippen LogP contribution in [0.3, 0.4) is 0 Å². The fraction of sp³-hybridized carbons (Fsp3) is 0.538. The van der Waals surface area contributed by atoms with Gasteiger partial charge in [0.2, 0.25) is 10.0 Å². The molecule has 118 valence electrons. The monoisotopic (exact) mass is 322 g/mol. The molecule has 0 amide bonds. The number of halogens is 3. The molecule has 2 N–H and O–H groups in total. The highest BCUT2D eigenvalue weighted by molar-refractivity contribution is 7.89. The predicted octanol–water partition coefficient (Wildman–Crippen LogP) is 1.88. The summed E-state index contributed by atoms with van der Waals surface area (Å²) in [5, 5.41) is 3.07. The van der Waals surface area contributed by atoms with Crippen molar-refractivity contribution in [3.05, 3.63) is 35.4 Å². The summed E-state index contributed by atoms with van der Waals surface area (Å²) in [7, 11) is -3.51. The molecule has 2 rings (SSSR count). The van der Waals surface area contributed by atoms with Crippen molar-refractivity contribution in [1.29, 1.82) is 0 Å². The lowest BCUT2D eigenvalue weighted by Crippen LogP contribution is -2.36. The summed E-state index contributed by atoms with van der Waals surface area (Å²) in [6.45, 7) is 0.660. The van der Waals surface area contributed by atoms with Gasteiger partial charge in [-0.15, -0.1) is 0 Å². The summed E-state index contributed by atoms with van der Waals surface area (Å²) in [6, 6.07) is 4.57. The zero-order chi connectivity index (χ0) is 15.5. The quantitative estimate of drug-likeness (QED) is 0.870. The maximum atomic E-state index is 12.6. The minimum Gasteiger partial charge on any atom is -0.313 e. The highest BCUT2D eigenvalue weighted by atomic mass is 32.2. The van der Waals surface area contributed by atoms with Crippen LogP contribution in [-0.4, -0.2) is 26.8 Å². The van der Waals surface area contributed by atoms with Crippen molar-refractivity contribution in [2.75, 3.05) is 12.3 Å². The molecular weight excluding hydrogens is 305 g/mol. The second kappa shape index (κ2) is 6.33. The average molecular weight is 322 g/mol. The highest BCUT2D eigenvalue weighted by Crippen LogP contribution is 2.29. The Hall–Kier alpha value is -1.12. The number of rotatable bonds is 5. The van der Waals surface area contributed by atoms with Crippen LogP contribution >= 0.6 is 0 Å². The van der Waals surface area contributed by atoms with Crippen LogP contribution in [0.15, 0.2) is 24.3 Å². The van der Waals surface area contributed by atoms with Crippen molar-refractivity contribution in [3.63, 3.8) is 0 Å². The fourth-order valence-electron chi connectivity index (χ4n) is 2.27. The molecule has 0 bridgehead atoms. The van der Waals surface area contributed by atoms with Gasteiger partial charge in [0, 0.05) is 12.6 Å². The van der Waals surface area contributed by atoms with E-state index >= 15 is 0 Å². The third-order valence-corrected chi connectivity index (χ3v) is 4.76. The third-order valence-electron chi connectivity index (χ3n) is 3.33. The molecule has 0 aromatic heterocycles. The van der Waals surface area contributed by atoms with E-state index in [4.69, 9.17) is 0 Å². The van der Waals surface area contributed by atoms with Crippen molar-refractivity contribution in [2.24, 2.45) is 0 Å². The van der Waals surface area contributed by atoms with E-state index in [9.17, 15) is 21.6 Å². The van der Waals surface area contributed by atoms with Crippen LogP contribution in [0.25, 0.3) is 0 Å². The van der Waals surface area contributed by atoms with Crippen molar-refractivity contribution in [3.8, 4) is 0 Å². The van der Waals surface area contributed by atoms with Gasteiger partial charge in [-0.1, -0.05) is 18.2 Å². The number of sulfonamides is 1. The van der Waals surface area contributed by atoms with E-state index < -0.39 is 21.8 Å². The molecule has 1 aliphatic rings. The van der Waals surface area contributed by atoms with Crippen LogP contribution in [0.4, 0.5) is 13.2 Å². The van der Waals surface area contributed by atoms with E-state index in [0.717, 1.165) is 31.5 Å². The average Bonchev–Trinajstić information content (AvgIpc) is 2.88. The topological polar surface area (TPSA) is 58.2 Å². The van der Waals surface area contributed by atoms with Crippen LogP contribution in [0.5, 0.6) is 0 Å². The summed E-state index contributed by atoms with van der Waals surface area (Å²) in [6.07, 6.45) is -2.69. The number of hydrogen-bond acceptors (Lipinski definition) is 3. The van der Waals surface area contributed by atoms with Crippen LogP contribution in [0.1, 0.15) is 24.0 Å². The van der Waals surface area contributed by atoms with Gasteiger partial charge < -0.3 is 5.32 Å². The zero-order valence-electron chi connectivity index (χ0n) is 11.3. The van der Waals surface area contributed by atoms with Gasteiger partial charge in [-0.25, -0.2) is 13.1 Å². The molecule has 1 unspecified atom stereocenters. The molecule has 1 aliphatic heterocycles. The molecule has 1 saturated heterocycles. The largest absolute Gasteiger partial charge is 0.416 e. The first kappa shape index (κ1) is 16.3. The molecule has 1 heterocycles. The summed E-state index contributed by atoms with van der Waals surface area (Å²) < 4.78 is 63.8. The molecule has 0 radical (unpaired) electrons. The molecule has 1 atom stereocenters. The minimum atomic E-state index is -4.43. The summed E-state index contributed by atoms with van der Waals surface area (Å²) in [5.74, 6) is -0.0496. The second-order valence-corrected chi connectivity index (χ2v) is 6.95. The van der Waals surface area contributed by atoms with E-state index in [-0.39, 0.29) is 23.9 Å². The van der Waals surface area contributed by atoms with Crippen LogP contribution in [-0.2, 0) is 22.7 Å². The number of alkyl halides is 3. The zero-order valence-corrected chi connectivity index (χ0v) is 12.1. The number of hydrogen-bond donors (Lipinski definition) is 2. The summed E-state index contributed by atoms with van der Waals surface area (Å²) >= 11 is 0. The third kappa shape index (κ3) is 4.98. The molecule has 8 heteroatoms. The Morgan fingerprint density at radius 2 is 2.10 bits per heavy atom. The Balaban J connectivity index is 1.95. The van der Waals surface area contributed by atoms with E-state index in [2.05, 4.69) is 10.0 Å². The molecule has 1 fully saturated rings. The molecule has 1 aromatic carbocycles. The predicted molar refractivity (Wildman–Crippen MR) is 73.1 cm³/mol. The lowest BCUT2D eigenvalue weighted by molar-refractivity contribution is -0.137. The van der Waals surface area contributed by atoms with Crippen LogP contribution in [0.2, 0.25) is 0 Å². The van der Waals surface area contributed by atoms with E-state index in [1.807, 2.05) is 0 Å². The normalized spacial score (nSPS) is 19.9. The van der Waals surface area contributed by atoms with Gasteiger partial charge in [-0.05, 0) is 31.0 Å². The SMILES string of the molecule is O=S(=O)(CC1CCCN1)NCc1cccc(C(F)(F)F)c1. The van der Waals surface area contributed by atoms with E-state index in [1.165, 1.54) is 12.1 Å². The van der Waals surface area contributed by atoms with Crippen molar-refractivity contribution < 1.29 is 21.6 Å². The molecule has 21 heavy (non-hydrogen) atoms. The van der Waals surface area contributed by atoms with Crippen molar-refractivity contribution in [1.82, 2.24) is 10.0 Å². The first-order valence-electron chi connectivity index (χ1n) is 6.63.